The van der Waals surface area contributed by atoms with Gasteiger partial charge in [0.05, 0.1) is 12.4 Å². The van der Waals surface area contributed by atoms with Gasteiger partial charge in [0, 0.05) is 5.92 Å². The Hall–Kier alpha value is -1.38. The van der Waals surface area contributed by atoms with Gasteiger partial charge in [0.25, 0.3) is 0 Å². The minimum atomic E-state index is -0.210. The molecule has 0 atom stereocenters. The maximum absolute atomic E-state index is 12.7. The molecule has 0 bridgehead atoms. The Morgan fingerprint density at radius 2 is 1.82 bits per heavy atom. The Morgan fingerprint density at radius 1 is 1.18 bits per heavy atom. The largest absolute Gasteiger partial charge is 0.387 e. The molecule has 0 heterocycles. The van der Waals surface area contributed by atoms with E-state index in [9.17, 15) is 4.39 Å². The molecule has 0 radical (unpaired) electrons. The van der Waals surface area contributed by atoms with Crippen LogP contribution >= 0.6 is 0 Å². The second-order valence-corrected chi connectivity index (χ2v) is 4.70. The Balaban J connectivity index is 1.92. The smallest absolute Gasteiger partial charge is 0.123 e. The summed E-state index contributed by atoms with van der Waals surface area (Å²) in [6, 6.07) is 6.43. The molecule has 2 N–H and O–H groups in total. The molecule has 0 aliphatic heterocycles. The van der Waals surface area contributed by atoms with Gasteiger partial charge in [-0.1, -0.05) is 31.4 Å². The zero-order valence-corrected chi connectivity index (χ0v) is 10.0. The summed E-state index contributed by atoms with van der Waals surface area (Å²) in [5.41, 5.74) is 7.01. The molecule has 0 saturated heterocycles. The number of hydrogen-bond donors (Lipinski definition) is 1. The Labute approximate surface area is 102 Å². The highest BCUT2D eigenvalue weighted by molar-refractivity contribution is 5.82. The van der Waals surface area contributed by atoms with E-state index in [2.05, 4.69) is 4.99 Å². The average molecular weight is 234 g/mol. The molecule has 0 spiro atoms. The van der Waals surface area contributed by atoms with Crippen molar-refractivity contribution in [1.82, 2.24) is 0 Å². The zero-order chi connectivity index (χ0) is 12.1. The van der Waals surface area contributed by atoms with Crippen LogP contribution in [0.5, 0.6) is 0 Å². The summed E-state index contributed by atoms with van der Waals surface area (Å²) in [6.07, 6.45) is 6.17. The van der Waals surface area contributed by atoms with Crippen LogP contribution in [0.1, 0.15) is 37.7 Å². The topological polar surface area (TPSA) is 38.4 Å². The third kappa shape index (κ3) is 3.55. The molecule has 1 aliphatic carbocycles. The Kier molecular flexibility index (Phi) is 4.13. The van der Waals surface area contributed by atoms with Crippen molar-refractivity contribution in [2.75, 3.05) is 0 Å². The first-order chi connectivity index (χ1) is 8.25. The van der Waals surface area contributed by atoms with Crippen molar-refractivity contribution in [3.8, 4) is 0 Å². The van der Waals surface area contributed by atoms with E-state index in [1.54, 1.807) is 12.1 Å². The second kappa shape index (κ2) is 5.80. The lowest BCUT2D eigenvalue weighted by Gasteiger charge is -2.20. The Morgan fingerprint density at radius 3 is 2.47 bits per heavy atom. The first kappa shape index (κ1) is 12.1. The van der Waals surface area contributed by atoms with Gasteiger partial charge in [-0.15, -0.1) is 0 Å². The molecule has 2 nitrogen and oxygen atoms in total. The molecule has 1 fully saturated rings. The highest BCUT2D eigenvalue weighted by atomic mass is 19.1. The van der Waals surface area contributed by atoms with Crippen LogP contribution in [0.25, 0.3) is 0 Å². The van der Waals surface area contributed by atoms with Crippen molar-refractivity contribution in [2.24, 2.45) is 16.6 Å². The SMILES string of the molecule is NC(=NCc1ccc(F)cc1)C1CCCCC1. The first-order valence-electron chi connectivity index (χ1n) is 6.30. The van der Waals surface area contributed by atoms with E-state index in [0.717, 1.165) is 11.4 Å². The van der Waals surface area contributed by atoms with Gasteiger partial charge in [-0.3, -0.25) is 4.99 Å². The molecule has 2 rings (SSSR count). The fourth-order valence-electron chi connectivity index (χ4n) is 2.30. The summed E-state index contributed by atoms with van der Waals surface area (Å²) >= 11 is 0. The average Bonchev–Trinajstić information content (AvgIpc) is 2.39. The summed E-state index contributed by atoms with van der Waals surface area (Å²) in [4.78, 5) is 4.42. The maximum Gasteiger partial charge on any atom is 0.123 e. The van der Waals surface area contributed by atoms with Crippen molar-refractivity contribution in [2.45, 2.75) is 38.6 Å². The lowest BCUT2D eigenvalue weighted by Crippen LogP contribution is -2.25. The monoisotopic (exact) mass is 234 g/mol. The lowest BCUT2D eigenvalue weighted by molar-refractivity contribution is 0.436. The van der Waals surface area contributed by atoms with E-state index >= 15 is 0 Å². The number of rotatable bonds is 3. The van der Waals surface area contributed by atoms with Gasteiger partial charge in [-0.05, 0) is 30.5 Å². The van der Waals surface area contributed by atoms with Gasteiger partial charge >= 0.3 is 0 Å². The minimum Gasteiger partial charge on any atom is -0.387 e. The molecule has 3 heteroatoms. The van der Waals surface area contributed by atoms with Crippen LogP contribution in [0, 0.1) is 11.7 Å². The molecular weight excluding hydrogens is 215 g/mol. The van der Waals surface area contributed by atoms with Gasteiger partial charge in [-0.25, -0.2) is 4.39 Å². The summed E-state index contributed by atoms with van der Waals surface area (Å²) in [5.74, 6) is 1.02. The third-order valence-electron chi connectivity index (χ3n) is 3.38. The van der Waals surface area contributed by atoms with Crippen LogP contribution in [0.2, 0.25) is 0 Å². The van der Waals surface area contributed by atoms with Gasteiger partial charge < -0.3 is 5.73 Å². The summed E-state index contributed by atoms with van der Waals surface area (Å²) in [6.45, 7) is 0.558. The van der Waals surface area contributed by atoms with Crippen molar-refractivity contribution in [3.05, 3.63) is 35.6 Å². The van der Waals surface area contributed by atoms with Crippen LogP contribution in [-0.2, 0) is 6.54 Å². The molecule has 0 aromatic heterocycles. The quantitative estimate of drug-likeness (QED) is 0.632. The molecule has 0 amide bonds. The van der Waals surface area contributed by atoms with E-state index < -0.39 is 0 Å². The van der Waals surface area contributed by atoms with E-state index in [4.69, 9.17) is 5.73 Å². The molecule has 1 aromatic rings. The van der Waals surface area contributed by atoms with Crippen molar-refractivity contribution in [1.29, 1.82) is 0 Å². The number of nitrogens with zero attached hydrogens (tertiary/aromatic N) is 1. The van der Waals surface area contributed by atoms with Crippen LogP contribution in [0.4, 0.5) is 4.39 Å². The lowest BCUT2D eigenvalue weighted by atomic mass is 9.88. The summed E-state index contributed by atoms with van der Waals surface area (Å²) in [5, 5.41) is 0. The number of benzene rings is 1. The summed E-state index contributed by atoms with van der Waals surface area (Å²) < 4.78 is 12.7. The van der Waals surface area contributed by atoms with Crippen LogP contribution in [0.3, 0.4) is 0 Å². The minimum absolute atomic E-state index is 0.210. The number of nitrogens with two attached hydrogens (primary N) is 1. The molecular formula is C14H19FN2. The molecule has 0 unspecified atom stereocenters. The van der Waals surface area contributed by atoms with E-state index in [0.29, 0.717) is 12.5 Å². The predicted octanol–water partition coefficient (Wildman–Crippen LogP) is 3.26. The highest BCUT2D eigenvalue weighted by Gasteiger charge is 2.16. The number of halogens is 1. The second-order valence-electron chi connectivity index (χ2n) is 4.70. The van der Waals surface area contributed by atoms with Crippen LogP contribution in [-0.4, -0.2) is 5.84 Å². The molecule has 17 heavy (non-hydrogen) atoms. The highest BCUT2D eigenvalue weighted by Crippen LogP contribution is 2.23. The predicted molar refractivity (Wildman–Crippen MR) is 68.3 cm³/mol. The number of hydrogen-bond acceptors (Lipinski definition) is 1. The number of amidine groups is 1. The summed E-state index contributed by atoms with van der Waals surface area (Å²) in [7, 11) is 0. The fraction of sp³-hybridized carbons (Fsp3) is 0.500. The molecule has 1 saturated carbocycles. The molecule has 1 aliphatic rings. The standard InChI is InChI=1S/C14H19FN2/c15-13-8-6-11(7-9-13)10-17-14(16)12-4-2-1-3-5-12/h6-9,12H,1-5,10H2,(H2,16,17). The van der Waals surface area contributed by atoms with Gasteiger partial charge in [0.2, 0.25) is 0 Å². The molecule has 92 valence electrons. The van der Waals surface area contributed by atoms with Crippen LogP contribution in [0.15, 0.2) is 29.3 Å². The number of aliphatic imine (C=N–C) groups is 1. The zero-order valence-electron chi connectivity index (χ0n) is 10.0. The van der Waals surface area contributed by atoms with Gasteiger partial charge in [0.15, 0.2) is 0 Å². The Bertz CT molecular complexity index is 378. The van der Waals surface area contributed by atoms with Crippen molar-refractivity contribution in [3.63, 3.8) is 0 Å². The fourth-order valence-corrected chi connectivity index (χ4v) is 2.30. The van der Waals surface area contributed by atoms with E-state index in [1.165, 1.54) is 44.2 Å². The van der Waals surface area contributed by atoms with E-state index in [-0.39, 0.29) is 5.82 Å². The maximum atomic E-state index is 12.7. The first-order valence-corrected chi connectivity index (χ1v) is 6.30. The third-order valence-corrected chi connectivity index (χ3v) is 3.38. The van der Waals surface area contributed by atoms with Gasteiger partial charge in [0.1, 0.15) is 5.82 Å². The molecule has 1 aromatic carbocycles. The van der Waals surface area contributed by atoms with Crippen molar-refractivity contribution >= 4 is 5.84 Å². The van der Waals surface area contributed by atoms with Gasteiger partial charge in [-0.2, -0.15) is 0 Å². The van der Waals surface area contributed by atoms with E-state index in [1.807, 2.05) is 0 Å². The van der Waals surface area contributed by atoms with Crippen molar-refractivity contribution < 1.29 is 4.39 Å². The normalized spacial score (nSPS) is 18.3. The van der Waals surface area contributed by atoms with Crippen LogP contribution < -0.4 is 5.73 Å².